The van der Waals surface area contributed by atoms with Crippen molar-refractivity contribution in [3.63, 3.8) is 0 Å². The zero-order valence-corrected chi connectivity index (χ0v) is 12.7. The third kappa shape index (κ3) is 3.12. The highest BCUT2D eigenvalue weighted by atomic mass is 32.2. The highest BCUT2D eigenvalue weighted by Gasteiger charge is 2.30. The Labute approximate surface area is 119 Å². The van der Waals surface area contributed by atoms with Crippen LogP contribution in [0.15, 0.2) is 12.1 Å². The van der Waals surface area contributed by atoms with Crippen molar-refractivity contribution < 1.29 is 17.9 Å². The van der Waals surface area contributed by atoms with Crippen LogP contribution in [-0.4, -0.2) is 39.0 Å². The first kappa shape index (κ1) is 14.8. The number of nitrogens with one attached hydrogen (secondary N) is 1. The second kappa shape index (κ2) is 5.44. The first-order valence-corrected chi connectivity index (χ1v) is 8.31. The van der Waals surface area contributed by atoms with Gasteiger partial charge in [0, 0.05) is 6.04 Å². The molecule has 1 amide bonds. The molecular formula is C14H19NO4S. The summed E-state index contributed by atoms with van der Waals surface area (Å²) in [6.07, 6.45) is 0.474. The van der Waals surface area contributed by atoms with Crippen molar-refractivity contribution in [2.45, 2.75) is 26.3 Å². The summed E-state index contributed by atoms with van der Waals surface area (Å²) in [7, 11) is -1.48. The minimum absolute atomic E-state index is 0.0198. The summed E-state index contributed by atoms with van der Waals surface area (Å²) in [6.45, 7) is 3.77. The number of aryl methyl sites for hydroxylation is 2. The van der Waals surface area contributed by atoms with Crippen molar-refractivity contribution in [1.82, 2.24) is 5.32 Å². The second-order valence-corrected chi connectivity index (χ2v) is 7.46. The van der Waals surface area contributed by atoms with Gasteiger partial charge in [-0.05, 0) is 37.5 Å². The topological polar surface area (TPSA) is 72.5 Å². The highest BCUT2D eigenvalue weighted by Crippen LogP contribution is 2.24. The molecule has 1 fully saturated rings. The van der Waals surface area contributed by atoms with Crippen LogP contribution in [0.3, 0.4) is 0 Å². The number of ether oxygens (including phenoxy) is 1. The van der Waals surface area contributed by atoms with Crippen LogP contribution in [0.2, 0.25) is 0 Å². The molecule has 1 saturated heterocycles. The maximum atomic E-state index is 12.3. The van der Waals surface area contributed by atoms with E-state index in [1.54, 1.807) is 6.07 Å². The highest BCUT2D eigenvalue weighted by molar-refractivity contribution is 7.91. The van der Waals surface area contributed by atoms with Crippen LogP contribution < -0.4 is 10.1 Å². The molecule has 20 heavy (non-hydrogen) atoms. The fraction of sp³-hybridized carbons (Fsp3) is 0.500. The number of carbonyl (C=O) groups is 1. The van der Waals surface area contributed by atoms with Crippen LogP contribution in [0.5, 0.6) is 5.75 Å². The van der Waals surface area contributed by atoms with E-state index in [2.05, 4.69) is 5.32 Å². The van der Waals surface area contributed by atoms with Gasteiger partial charge in [0.05, 0.1) is 24.2 Å². The van der Waals surface area contributed by atoms with Crippen molar-refractivity contribution in [2.24, 2.45) is 0 Å². The molecule has 0 spiro atoms. The number of hydrogen-bond acceptors (Lipinski definition) is 4. The zero-order chi connectivity index (χ0) is 14.9. The van der Waals surface area contributed by atoms with E-state index in [1.807, 2.05) is 19.9 Å². The molecule has 1 unspecified atom stereocenters. The molecule has 6 heteroatoms. The van der Waals surface area contributed by atoms with Crippen LogP contribution in [0.25, 0.3) is 0 Å². The van der Waals surface area contributed by atoms with E-state index in [0.29, 0.717) is 17.7 Å². The van der Waals surface area contributed by atoms with Gasteiger partial charge in [-0.25, -0.2) is 8.42 Å². The number of rotatable bonds is 3. The van der Waals surface area contributed by atoms with Crippen LogP contribution in [-0.2, 0) is 9.84 Å². The summed E-state index contributed by atoms with van der Waals surface area (Å²) in [5.74, 6) is 0.399. The van der Waals surface area contributed by atoms with Gasteiger partial charge in [0.15, 0.2) is 9.84 Å². The van der Waals surface area contributed by atoms with E-state index in [1.165, 1.54) is 7.11 Å². The molecule has 1 aromatic rings. The summed E-state index contributed by atoms with van der Waals surface area (Å²) in [4.78, 5) is 12.3. The lowest BCUT2D eigenvalue weighted by molar-refractivity contribution is 0.0937. The van der Waals surface area contributed by atoms with Gasteiger partial charge in [0.1, 0.15) is 5.75 Å². The quantitative estimate of drug-likeness (QED) is 0.911. The first-order valence-electron chi connectivity index (χ1n) is 6.49. The zero-order valence-electron chi connectivity index (χ0n) is 11.9. The summed E-state index contributed by atoms with van der Waals surface area (Å²) in [5.41, 5.74) is 2.31. The molecule has 1 heterocycles. The van der Waals surface area contributed by atoms with Gasteiger partial charge in [-0.3, -0.25) is 4.79 Å². The van der Waals surface area contributed by atoms with Crippen LogP contribution in [0.1, 0.15) is 27.9 Å². The summed E-state index contributed by atoms with van der Waals surface area (Å²) in [6, 6.07) is 3.40. The largest absolute Gasteiger partial charge is 0.496 e. The van der Waals surface area contributed by atoms with Gasteiger partial charge in [0.25, 0.3) is 5.91 Å². The molecule has 0 aromatic heterocycles. The molecule has 0 radical (unpaired) electrons. The van der Waals surface area contributed by atoms with Gasteiger partial charge in [-0.15, -0.1) is 0 Å². The minimum Gasteiger partial charge on any atom is -0.496 e. The smallest absolute Gasteiger partial charge is 0.255 e. The second-order valence-electron chi connectivity index (χ2n) is 5.23. The fourth-order valence-corrected chi connectivity index (χ4v) is 4.22. The standard InChI is InChI=1S/C14H19NO4S/c1-9-6-10(2)13(12(7-9)19-3)14(16)15-11-4-5-20(17,18)8-11/h6-7,11H,4-5,8H2,1-3H3,(H,15,16). The summed E-state index contributed by atoms with van der Waals surface area (Å²) < 4.78 is 28.1. The average Bonchev–Trinajstić information content (AvgIpc) is 2.67. The molecule has 1 aromatic carbocycles. The predicted octanol–water partition coefficient (Wildman–Crippen LogP) is 1.23. The van der Waals surface area contributed by atoms with Gasteiger partial charge in [-0.1, -0.05) is 6.07 Å². The molecule has 1 aliphatic heterocycles. The molecule has 1 atom stereocenters. The molecule has 1 N–H and O–H groups in total. The van der Waals surface area contributed by atoms with Gasteiger partial charge in [0.2, 0.25) is 0 Å². The Morgan fingerprint density at radius 1 is 1.35 bits per heavy atom. The number of sulfone groups is 1. The third-order valence-corrected chi connectivity index (χ3v) is 5.23. The van der Waals surface area contributed by atoms with E-state index in [4.69, 9.17) is 4.74 Å². The van der Waals surface area contributed by atoms with Gasteiger partial charge < -0.3 is 10.1 Å². The number of amides is 1. The van der Waals surface area contributed by atoms with Crippen molar-refractivity contribution in [3.05, 3.63) is 28.8 Å². The van der Waals surface area contributed by atoms with E-state index < -0.39 is 9.84 Å². The predicted molar refractivity (Wildman–Crippen MR) is 77.0 cm³/mol. The van der Waals surface area contributed by atoms with E-state index in [-0.39, 0.29) is 23.5 Å². The number of methoxy groups -OCH3 is 1. The van der Waals surface area contributed by atoms with Crippen molar-refractivity contribution in [1.29, 1.82) is 0 Å². The Hall–Kier alpha value is -1.56. The maximum Gasteiger partial charge on any atom is 0.255 e. The van der Waals surface area contributed by atoms with Gasteiger partial charge >= 0.3 is 0 Å². The number of benzene rings is 1. The normalized spacial score (nSPS) is 20.6. The van der Waals surface area contributed by atoms with Gasteiger partial charge in [-0.2, -0.15) is 0 Å². The first-order chi connectivity index (χ1) is 9.32. The third-order valence-electron chi connectivity index (χ3n) is 3.46. The summed E-state index contributed by atoms with van der Waals surface area (Å²) >= 11 is 0. The number of carbonyl (C=O) groups excluding carboxylic acids is 1. The Kier molecular flexibility index (Phi) is 4.04. The minimum atomic E-state index is -3.00. The number of hydrogen-bond donors (Lipinski definition) is 1. The van der Waals surface area contributed by atoms with Crippen molar-refractivity contribution in [2.75, 3.05) is 18.6 Å². The lowest BCUT2D eigenvalue weighted by atomic mass is 10.0. The van der Waals surface area contributed by atoms with E-state index in [0.717, 1.165) is 11.1 Å². The molecule has 0 bridgehead atoms. The van der Waals surface area contributed by atoms with Crippen LogP contribution >= 0.6 is 0 Å². The van der Waals surface area contributed by atoms with Crippen LogP contribution in [0.4, 0.5) is 0 Å². The average molecular weight is 297 g/mol. The fourth-order valence-electron chi connectivity index (χ4n) is 2.55. The lowest BCUT2D eigenvalue weighted by Crippen LogP contribution is -2.36. The SMILES string of the molecule is COc1cc(C)cc(C)c1C(=O)NC1CCS(=O)(=O)C1. The Balaban J connectivity index is 2.22. The lowest BCUT2D eigenvalue weighted by Gasteiger charge is -2.15. The maximum absolute atomic E-state index is 12.3. The Morgan fingerprint density at radius 3 is 2.60 bits per heavy atom. The molecule has 5 nitrogen and oxygen atoms in total. The van der Waals surface area contributed by atoms with E-state index >= 15 is 0 Å². The molecule has 1 aliphatic rings. The Bertz CT molecular complexity index is 637. The molecule has 2 rings (SSSR count). The monoisotopic (exact) mass is 297 g/mol. The molecule has 110 valence electrons. The summed E-state index contributed by atoms with van der Waals surface area (Å²) in [5, 5.41) is 2.79. The Morgan fingerprint density at radius 2 is 2.05 bits per heavy atom. The van der Waals surface area contributed by atoms with Crippen LogP contribution in [0, 0.1) is 13.8 Å². The molecular weight excluding hydrogens is 278 g/mol. The molecule has 0 aliphatic carbocycles. The van der Waals surface area contributed by atoms with E-state index in [9.17, 15) is 13.2 Å². The molecule has 0 saturated carbocycles. The van der Waals surface area contributed by atoms with Crippen molar-refractivity contribution in [3.8, 4) is 5.75 Å². The van der Waals surface area contributed by atoms with Crippen molar-refractivity contribution >= 4 is 15.7 Å².